The molecule has 0 unspecified atom stereocenters. The van der Waals surface area contributed by atoms with Crippen LogP contribution < -0.4 is 4.90 Å². The summed E-state index contributed by atoms with van der Waals surface area (Å²) in [5.41, 5.74) is 0.522. The third-order valence-corrected chi connectivity index (χ3v) is 3.25. The molecular formula is C15H22N2O2. The molecule has 1 aromatic rings. The van der Waals surface area contributed by atoms with E-state index >= 15 is 0 Å². The Morgan fingerprint density at radius 1 is 1.42 bits per heavy atom. The van der Waals surface area contributed by atoms with Crippen molar-refractivity contribution in [2.75, 3.05) is 24.6 Å². The molecule has 2 rings (SSSR count). The predicted octanol–water partition coefficient (Wildman–Crippen LogP) is 2.88. The minimum atomic E-state index is -0.300. The van der Waals surface area contributed by atoms with Crippen LogP contribution in [0.2, 0.25) is 0 Å². The van der Waals surface area contributed by atoms with Gasteiger partial charge in [-0.3, -0.25) is 0 Å². The Morgan fingerprint density at radius 3 is 2.74 bits per heavy atom. The van der Waals surface area contributed by atoms with Crippen molar-refractivity contribution in [2.45, 2.75) is 33.1 Å². The van der Waals surface area contributed by atoms with E-state index in [2.05, 4.69) is 16.8 Å². The summed E-state index contributed by atoms with van der Waals surface area (Å²) in [6.07, 6.45) is 5.39. The van der Waals surface area contributed by atoms with Crippen molar-refractivity contribution in [1.29, 1.82) is 0 Å². The molecule has 0 aromatic carbocycles. The lowest BCUT2D eigenvalue weighted by atomic mass is 10.2. The van der Waals surface area contributed by atoms with Gasteiger partial charge in [-0.15, -0.1) is 0 Å². The van der Waals surface area contributed by atoms with Crippen LogP contribution in [0.15, 0.2) is 18.3 Å². The largest absolute Gasteiger partial charge is 0.462 e. The summed E-state index contributed by atoms with van der Waals surface area (Å²) in [5.74, 6) is 1.49. The minimum absolute atomic E-state index is 0.300. The predicted molar refractivity (Wildman–Crippen MR) is 75.4 cm³/mol. The number of nitrogens with zero attached hydrogens (tertiary/aromatic N) is 2. The van der Waals surface area contributed by atoms with E-state index in [1.807, 2.05) is 6.07 Å². The summed E-state index contributed by atoms with van der Waals surface area (Å²) in [6, 6.07) is 3.72. The van der Waals surface area contributed by atoms with Gasteiger partial charge in [0.1, 0.15) is 5.82 Å². The third-order valence-electron chi connectivity index (χ3n) is 3.25. The maximum Gasteiger partial charge on any atom is 0.339 e. The molecule has 0 bridgehead atoms. The molecule has 0 saturated heterocycles. The number of rotatable bonds is 7. The first-order valence-electron chi connectivity index (χ1n) is 7.12. The number of esters is 1. The van der Waals surface area contributed by atoms with Crippen LogP contribution in [0.25, 0.3) is 0 Å². The van der Waals surface area contributed by atoms with Crippen molar-refractivity contribution in [3.05, 3.63) is 23.9 Å². The Morgan fingerprint density at radius 2 is 2.21 bits per heavy atom. The highest BCUT2D eigenvalue weighted by Gasteiger charge is 2.24. The van der Waals surface area contributed by atoms with E-state index < -0.39 is 0 Å². The molecule has 19 heavy (non-hydrogen) atoms. The van der Waals surface area contributed by atoms with Crippen molar-refractivity contribution in [1.82, 2.24) is 4.98 Å². The highest BCUT2D eigenvalue weighted by atomic mass is 16.5. The van der Waals surface area contributed by atoms with Gasteiger partial charge in [-0.05, 0) is 44.2 Å². The fourth-order valence-corrected chi connectivity index (χ4v) is 2.09. The maximum atomic E-state index is 11.6. The van der Waals surface area contributed by atoms with Gasteiger partial charge in [0.2, 0.25) is 0 Å². The molecule has 4 nitrogen and oxygen atoms in total. The highest BCUT2D eigenvalue weighted by molar-refractivity contribution is 5.89. The van der Waals surface area contributed by atoms with Crippen molar-refractivity contribution >= 4 is 11.8 Å². The van der Waals surface area contributed by atoms with Crippen LogP contribution in [-0.4, -0.2) is 30.6 Å². The van der Waals surface area contributed by atoms with E-state index in [9.17, 15) is 4.79 Å². The molecule has 1 saturated carbocycles. The van der Waals surface area contributed by atoms with Gasteiger partial charge in [-0.2, -0.15) is 0 Å². The quantitative estimate of drug-likeness (QED) is 0.709. The smallest absolute Gasteiger partial charge is 0.339 e. The van der Waals surface area contributed by atoms with Crippen LogP contribution >= 0.6 is 0 Å². The van der Waals surface area contributed by atoms with Gasteiger partial charge in [-0.1, -0.05) is 6.92 Å². The number of carbonyl (C=O) groups is 1. The lowest BCUT2D eigenvalue weighted by molar-refractivity contribution is 0.0526. The average Bonchev–Trinajstić information content (AvgIpc) is 3.23. The van der Waals surface area contributed by atoms with Gasteiger partial charge in [-0.25, -0.2) is 9.78 Å². The first kappa shape index (κ1) is 13.8. The Labute approximate surface area is 114 Å². The van der Waals surface area contributed by atoms with Crippen molar-refractivity contribution in [3.8, 4) is 0 Å². The second-order valence-corrected chi connectivity index (χ2v) is 5.01. The van der Waals surface area contributed by atoms with Crippen molar-refractivity contribution in [3.63, 3.8) is 0 Å². The van der Waals surface area contributed by atoms with Crippen LogP contribution in [-0.2, 0) is 4.74 Å². The van der Waals surface area contributed by atoms with Crippen LogP contribution in [0.4, 0.5) is 5.82 Å². The maximum absolute atomic E-state index is 11.6. The Balaban J connectivity index is 2.03. The van der Waals surface area contributed by atoms with Crippen LogP contribution in [0, 0.1) is 5.92 Å². The zero-order valence-electron chi connectivity index (χ0n) is 11.8. The average molecular weight is 262 g/mol. The third kappa shape index (κ3) is 3.94. The summed E-state index contributed by atoms with van der Waals surface area (Å²) >= 11 is 0. The first-order valence-corrected chi connectivity index (χ1v) is 7.12. The standard InChI is InChI=1S/C15H22N2O2/c1-3-9-17(11-12-5-6-12)14-8-7-13(10-16-14)15(18)19-4-2/h7-8,10,12H,3-6,9,11H2,1-2H3. The van der Waals surface area contributed by atoms with Gasteiger partial charge in [0.05, 0.1) is 12.2 Å². The molecule has 0 aliphatic heterocycles. The summed E-state index contributed by atoms with van der Waals surface area (Å²) in [5, 5.41) is 0. The van der Waals surface area contributed by atoms with E-state index in [1.54, 1.807) is 19.2 Å². The zero-order valence-corrected chi connectivity index (χ0v) is 11.8. The number of pyridine rings is 1. The molecule has 1 aliphatic carbocycles. The lowest BCUT2D eigenvalue weighted by Crippen LogP contribution is -2.27. The molecular weight excluding hydrogens is 240 g/mol. The molecule has 0 radical (unpaired) electrons. The van der Waals surface area contributed by atoms with Crippen LogP contribution in [0.1, 0.15) is 43.5 Å². The molecule has 0 spiro atoms. The Hall–Kier alpha value is -1.58. The van der Waals surface area contributed by atoms with Crippen LogP contribution in [0.3, 0.4) is 0 Å². The van der Waals surface area contributed by atoms with E-state index in [0.717, 1.165) is 31.2 Å². The summed E-state index contributed by atoms with van der Waals surface area (Å²) in [6.45, 7) is 6.47. The van der Waals surface area contributed by atoms with Gasteiger partial charge >= 0.3 is 5.97 Å². The molecule has 1 fully saturated rings. The SMILES string of the molecule is CCCN(CC1CC1)c1ccc(C(=O)OCC)cn1. The Bertz CT molecular complexity index is 413. The van der Waals surface area contributed by atoms with Crippen LogP contribution in [0.5, 0.6) is 0 Å². The monoisotopic (exact) mass is 262 g/mol. The van der Waals surface area contributed by atoms with Gasteiger partial charge in [0, 0.05) is 19.3 Å². The first-order chi connectivity index (χ1) is 9.24. The molecule has 1 aliphatic rings. The fourth-order valence-electron chi connectivity index (χ4n) is 2.09. The van der Waals surface area contributed by atoms with E-state index in [4.69, 9.17) is 4.74 Å². The second kappa shape index (κ2) is 6.55. The van der Waals surface area contributed by atoms with Gasteiger partial charge in [0.25, 0.3) is 0 Å². The molecule has 104 valence electrons. The number of hydrogen-bond donors (Lipinski definition) is 0. The second-order valence-electron chi connectivity index (χ2n) is 5.01. The number of aromatic nitrogens is 1. The summed E-state index contributed by atoms with van der Waals surface area (Å²) < 4.78 is 4.96. The Kier molecular flexibility index (Phi) is 4.77. The molecule has 1 aromatic heterocycles. The summed E-state index contributed by atoms with van der Waals surface area (Å²) in [4.78, 5) is 18.3. The minimum Gasteiger partial charge on any atom is -0.462 e. The molecule has 1 heterocycles. The van der Waals surface area contributed by atoms with E-state index in [-0.39, 0.29) is 5.97 Å². The normalized spacial score (nSPS) is 14.2. The van der Waals surface area contributed by atoms with Crippen molar-refractivity contribution in [2.24, 2.45) is 5.92 Å². The zero-order chi connectivity index (χ0) is 13.7. The molecule has 0 amide bonds. The van der Waals surface area contributed by atoms with E-state index in [1.165, 1.54) is 12.8 Å². The number of carbonyl (C=O) groups excluding carboxylic acids is 1. The van der Waals surface area contributed by atoms with E-state index in [0.29, 0.717) is 12.2 Å². The van der Waals surface area contributed by atoms with Gasteiger partial charge < -0.3 is 9.64 Å². The van der Waals surface area contributed by atoms with Crippen molar-refractivity contribution < 1.29 is 9.53 Å². The topological polar surface area (TPSA) is 42.4 Å². The highest BCUT2D eigenvalue weighted by Crippen LogP contribution is 2.31. The van der Waals surface area contributed by atoms with Gasteiger partial charge in [0.15, 0.2) is 0 Å². The molecule has 4 heteroatoms. The molecule has 0 atom stereocenters. The number of anilines is 1. The lowest BCUT2D eigenvalue weighted by Gasteiger charge is -2.23. The fraction of sp³-hybridized carbons (Fsp3) is 0.600. The molecule has 0 N–H and O–H groups in total. The number of hydrogen-bond acceptors (Lipinski definition) is 4. The number of ether oxygens (including phenoxy) is 1. The summed E-state index contributed by atoms with van der Waals surface area (Å²) in [7, 11) is 0.